The van der Waals surface area contributed by atoms with Gasteiger partial charge in [0.25, 0.3) is 0 Å². The number of hydrogen-bond donors (Lipinski definition) is 0. The molecule has 1 amide bonds. The van der Waals surface area contributed by atoms with Gasteiger partial charge in [0.2, 0.25) is 5.91 Å². The van der Waals surface area contributed by atoms with Gasteiger partial charge < -0.3 is 9.80 Å². The maximum Gasteiger partial charge on any atom is 0.219 e. The third-order valence-electron chi connectivity index (χ3n) is 3.77. The molecule has 1 aromatic carbocycles. The fraction of sp³-hybridized carbons (Fsp3) is 0.312. The van der Waals surface area contributed by atoms with Gasteiger partial charge in [-0.15, -0.1) is 0 Å². The number of aromatic nitrogens is 2. The molecule has 1 aliphatic rings. The molecule has 2 heterocycles. The minimum absolute atomic E-state index is 0.141. The van der Waals surface area contributed by atoms with Crippen LogP contribution < -0.4 is 4.90 Å². The molecule has 1 saturated heterocycles. The van der Waals surface area contributed by atoms with Crippen molar-refractivity contribution in [2.24, 2.45) is 0 Å². The maximum absolute atomic E-state index is 11.4. The topological polar surface area (TPSA) is 49.3 Å². The van der Waals surface area contributed by atoms with Crippen LogP contribution in [0.1, 0.15) is 6.92 Å². The first-order chi connectivity index (χ1) is 10.2. The van der Waals surface area contributed by atoms with Gasteiger partial charge in [0.15, 0.2) is 0 Å². The van der Waals surface area contributed by atoms with Gasteiger partial charge in [-0.2, -0.15) is 0 Å². The van der Waals surface area contributed by atoms with Crippen molar-refractivity contribution in [2.45, 2.75) is 6.92 Å². The van der Waals surface area contributed by atoms with Gasteiger partial charge in [0.1, 0.15) is 12.1 Å². The summed E-state index contributed by atoms with van der Waals surface area (Å²) in [7, 11) is 0. The van der Waals surface area contributed by atoms with Crippen molar-refractivity contribution in [3.05, 3.63) is 42.7 Å². The highest BCUT2D eigenvalue weighted by molar-refractivity contribution is 5.73. The van der Waals surface area contributed by atoms with Crippen LogP contribution in [0.15, 0.2) is 42.7 Å². The second-order valence-electron chi connectivity index (χ2n) is 5.12. The lowest BCUT2D eigenvalue weighted by atomic mass is 10.1. The smallest absolute Gasteiger partial charge is 0.219 e. The Hall–Kier alpha value is -2.43. The fourth-order valence-electron chi connectivity index (χ4n) is 2.54. The highest BCUT2D eigenvalue weighted by Crippen LogP contribution is 2.21. The molecule has 2 aromatic rings. The van der Waals surface area contributed by atoms with Gasteiger partial charge in [-0.25, -0.2) is 9.97 Å². The van der Waals surface area contributed by atoms with Crippen LogP contribution in [0.5, 0.6) is 0 Å². The molecular formula is C16H18N4O. The molecule has 1 aliphatic heterocycles. The van der Waals surface area contributed by atoms with Crippen LogP contribution in [0, 0.1) is 0 Å². The lowest BCUT2D eigenvalue weighted by molar-refractivity contribution is -0.129. The number of carbonyl (C=O) groups excluding carboxylic acids is 1. The summed E-state index contributed by atoms with van der Waals surface area (Å²) in [5, 5.41) is 0. The molecule has 21 heavy (non-hydrogen) atoms. The average Bonchev–Trinajstić information content (AvgIpc) is 2.56. The van der Waals surface area contributed by atoms with E-state index in [0.29, 0.717) is 0 Å². The summed E-state index contributed by atoms with van der Waals surface area (Å²) in [5.41, 5.74) is 2.01. The predicted octanol–water partition coefficient (Wildman–Crippen LogP) is 1.81. The molecular weight excluding hydrogens is 264 g/mol. The first-order valence-electron chi connectivity index (χ1n) is 7.12. The average molecular weight is 282 g/mol. The third kappa shape index (κ3) is 3.02. The Bertz CT molecular complexity index is 621. The summed E-state index contributed by atoms with van der Waals surface area (Å²) >= 11 is 0. The Morgan fingerprint density at radius 1 is 1.05 bits per heavy atom. The minimum Gasteiger partial charge on any atom is -0.353 e. The Labute approximate surface area is 124 Å². The standard InChI is InChI=1S/C16H18N4O/c1-13(21)19-7-9-20(10-8-19)16-11-15(17-12-18-16)14-5-3-2-4-6-14/h2-6,11-12H,7-10H2,1H3. The van der Waals surface area contributed by atoms with Crippen molar-refractivity contribution in [3.63, 3.8) is 0 Å². The molecule has 5 heteroatoms. The number of rotatable bonds is 2. The van der Waals surface area contributed by atoms with Crippen molar-refractivity contribution in [1.82, 2.24) is 14.9 Å². The van der Waals surface area contributed by atoms with E-state index in [9.17, 15) is 4.79 Å². The highest BCUT2D eigenvalue weighted by Gasteiger charge is 2.19. The Balaban J connectivity index is 1.77. The predicted molar refractivity (Wildman–Crippen MR) is 81.9 cm³/mol. The normalized spacial score (nSPS) is 15.1. The lowest BCUT2D eigenvalue weighted by Crippen LogP contribution is -2.48. The number of anilines is 1. The summed E-state index contributed by atoms with van der Waals surface area (Å²) in [4.78, 5) is 24.2. The van der Waals surface area contributed by atoms with Crippen LogP contribution >= 0.6 is 0 Å². The summed E-state index contributed by atoms with van der Waals surface area (Å²) in [6.45, 7) is 4.74. The molecule has 0 atom stereocenters. The van der Waals surface area contributed by atoms with Crippen molar-refractivity contribution in [2.75, 3.05) is 31.1 Å². The van der Waals surface area contributed by atoms with E-state index >= 15 is 0 Å². The molecule has 0 spiro atoms. The molecule has 108 valence electrons. The molecule has 0 bridgehead atoms. The number of hydrogen-bond acceptors (Lipinski definition) is 4. The van der Waals surface area contributed by atoms with Gasteiger partial charge in [-0.05, 0) is 0 Å². The maximum atomic E-state index is 11.4. The van der Waals surface area contributed by atoms with E-state index in [0.717, 1.165) is 43.3 Å². The van der Waals surface area contributed by atoms with Crippen LogP contribution in [0.3, 0.4) is 0 Å². The summed E-state index contributed by atoms with van der Waals surface area (Å²) < 4.78 is 0. The van der Waals surface area contributed by atoms with Gasteiger partial charge in [0.05, 0.1) is 5.69 Å². The number of carbonyl (C=O) groups is 1. The molecule has 5 nitrogen and oxygen atoms in total. The quantitative estimate of drug-likeness (QED) is 0.843. The van der Waals surface area contributed by atoms with E-state index in [1.807, 2.05) is 41.3 Å². The minimum atomic E-state index is 0.141. The lowest BCUT2D eigenvalue weighted by Gasteiger charge is -2.34. The SMILES string of the molecule is CC(=O)N1CCN(c2cc(-c3ccccc3)ncn2)CC1. The molecule has 0 radical (unpaired) electrons. The largest absolute Gasteiger partial charge is 0.353 e. The molecule has 0 aliphatic carbocycles. The Morgan fingerprint density at radius 3 is 2.43 bits per heavy atom. The summed E-state index contributed by atoms with van der Waals surface area (Å²) in [6.07, 6.45) is 1.61. The number of nitrogens with zero attached hydrogens (tertiary/aromatic N) is 4. The van der Waals surface area contributed by atoms with Crippen molar-refractivity contribution in [3.8, 4) is 11.3 Å². The van der Waals surface area contributed by atoms with E-state index < -0.39 is 0 Å². The monoisotopic (exact) mass is 282 g/mol. The van der Waals surface area contributed by atoms with E-state index in [1.54, 1.807) is 13.3 Å². The summed E-state index contributed by atoms with van der Waals surface area (Å²) in [5.74, 6) is 1.06. The molecule has 3 rings (SSSR count). The van der Waals surface area contributed by atoms with Crippen LogP contribution in [0.2, 0.25) is 0 Å². The first kappa shape index (κ1) is 13.5. The Kier molecular flexibility index (Phi) is 3.81. The van der Waals surface area contributed by atoms with E-state index in [2.05, 4.69) is 14.9 Å². The second-order valence-corrected chi connectivity index (χ2v) is 5.12. The highest BCUT2D eigenvalue weighted by atomic mass is 16.2. The molecule has 0 unspecified atom stereocenters. The van der Waals surface area contributed by atoms with Gasteiger partial charge in [-0.1, -0.05) is 30.3 Å². The van der Waals surface area contributed by atoms with E-state index in [1.165, 1.54) is 0 Å². The zero-order chi connectivity index (χ0) is 14.7. The molecule has 0 saturated carbocycles. The van der Waals surface area contributed by atoms with Gasteiger partial charge in [0, 0.05) is 44.7 Å². The first-order valence-corrected chi connectivity index (χ1v) is 7.12. The van der Waals surface area contributed by atoms with Crippen molar-refractivity contribution in [1.29, 1.82) is 0 Å². The zero-order valence-corrected chi connectivity index (χ0v) is 12.1. The summed E-state index contributed by atoms with van der Waals surface area (Å²) in [6, 6.07) is 12.1. The van der Waals surface area contributed by atoms with Crippen LogP contribution in [-0.2, 0) is 4.79 Å². The number of amides is 1. The molecule has 0 N–H and O–H groups in total. The fourth-order valence-corrected chi connectivity index (χ4v) is 2.54. The number of piperazine rings is 1. The van der Waals surface area contributed by atoms with Gasteiger partial charge >= 0.3 is 0 Å². The third-order valence-corrected chi connectivity index (χ3v) is 3.77. The Morgan fingerprint density at radius 2 is 1.76 bits per heavy atom. The zero-order valence-electron chi connectivity index (χ0n) is 12.1. The van der Waals surface area contributed by atoms with E-state index in [4.69, 9.17) is 0 Å². The second kappa shape index (κ2) is 5.91. The van der Waals surface area contributed by atoms with E-state index in [-0.39, 0.29) is 5.91 Å². The van der Waals surface area contributed by atoms with Crippen molar-refractivity contribution < 1.29 is 4.79 Å². The number of benzene rings is 1. The van der Waals surface area contributed by atoms with Crippen molar-refractivity contribution >= 4 is 11.7 Å². The van der Waals surface area contributed by atoms with Crippen LogP contribution in [0.4, 0.5) is 5.82 Å². The van der Waals surface area contributed by atoms with Crippen LogP contribution in [0.25, 0.3) is 11.3 Å². The molecule has 1 fully saturated rings. The van der Waals surface area contributed by atoms with Crippen LogP contribution in [-0.4, -0.2) is 47.0 Å². The molecule has 1 aromatic heterocycles. The van der Waals surface area contributed by atoms with Gasteiger partial charge in [-0.3, -0.25) is 4.79 Å².